The lowest BCUT2D eigenvalue weighted by molar-refractivity contribution is -0.276. The molecule has 0 saturated carbocycles. The molecule has 2 saturated heterocycles. The summed E-state index contributed by atoms with van der Waals surface area (Å²) in [5, 5.41) is 23.1. The Morgan fingerprint density at radius 3 is 2.30 bits per heavy atom. The molecule has 0 aromatic heterocycles. The Kier molecular flexibility index (Phi) is 6.65. The Hall–Kier alpha value is -4.13. The van der Waals surface area contributed by atoms with Crippen molar-refractivity contribution in [3.8, 4) is 0 Å². The Morgan fingerprint density at radius 2 is 1.74 bits per heavy atom. The van der Waals surface area contributed by atoms with Crippen LogP contribution < -0.4 is 11.5 Å². The largest absolute Gasteiger partial charge is 0.451 e. The van der Waals surface area contributed by atoms with Crippen LogP contribution in [-0.4, -0.2) is 104 Å². The number of ether oxygens (including phenoxy) is 1. The number of aliphatic imine (C=N–C) groups is 2. The quantitative estimate of drug-likeness (QED) is 0.150. The highest BCUT2D eigenvalue weighted by Gasteiger charge is 2.76. The van der Waals surface area contributed by atoms with Gasteiger partial charge in [0.25, 0.3) is 0 Å². The predicted molar refractivity (Wildman–Crippen MR) is 131 cm³/mol. The van der Waals surface area contributed by atoms with E-state index in [0.29, 0.717) is 0 Å². The minimum absolute atomic E-state index is 0.0509. The summed E-state index contributed by atoms with van der Waals surface area (Å²) in [7, 11) is 1.26. The molecule has 19 heteroatoms. The zero-order valence-electron chi connectivity index (χ0n) is 22.3. The van der Waals surface area contributed by atoms with Gasteiger partial charge >= 0.3 is 18.3 Å². The number of likely N-dealkylation sites (N-methyl/N-ethyl adjacent to an activating group) is 1. The molecule has 4 aliphatic rings. The third-order valence-electron chi connectivity index (χ3n) is 8.19. The fraction of sp³-hybridized carbons (Fsp3) is 0.542. The van der Waals surface area contributed by atoms with Crippen molar-refractivity contribution in [3.05, 3.63) is 34.9 Å². The average molecular weight is 621 g/mol. The molecule has 13 nitrogen and oxygen atoms in total. The van der Waals surface area contributed by atoms with E-state index in [4.69, 9.17) is 16.2 Å². The van der Waals surface area contributed by atoms with Gasteiger partial charge < -0.3 is 36.2 Å². The van der Waals surface area contributed by atoms with Crippen LogP contribution in [0, 0.1) is 5.92 Å². The van der Waals surface area contributed by atoms with E-state index in [1.54, 1.807) is 6.92 Å². The maximum absolute atomic E-state index is 13.6. The number of halogens is 6. The first-order valence-electron chi connectivity index (χ1n) is 12.7. The van der Waals surface area contributed by atoms with E-state index in [0.717, 1.165) is 14.7 Å². The van der Waals surface area contributed by atoms with Crippen LogP contribution in [0.4, 0.5) is 26.3 Å². The van der Waals surface area contributed by atoms with Gasteiger partial charge in [0.15, 0.2) is 18.0 Å². The lowest BCUT2D eigenvalue weighted by Gasteiger charge is -2.52. The molecule has 4 heterocycles. The van der Waals surface area contributed by atoms with Gasteiger partial charge in [0, 0.05) is 19.4 Å². The van der Waals surface area contributed by atoms with Crippen molar-refractivity contribution in [2.75, 3.05) is 20.1 Å². The first kappa shape index (κ1) is 30.3. The van der Waals surface area contributed by atoms with Gasteiger partial charge in [-0.2, -0.15) is 26.3 Å². The zero-order chi connectivity index (χ0) is 32.0. The van der Waals surface area contributed by atoms with Crippen LogP contribution in [-0.2, 0) is 26.7 Å². The molecule has 0 bridgehead atoms. The molecular weight excluding hydrogens is 596 g/mol. The van der Waals surface area contributed by atoms with Gasteiger partial charge in [0.2, 0.25) is 23.3 Å². The first-order chi connectivity index (χ1) is 19.7. The van der Waals surface area contributed by atoms with Crippen LogP contribution in [0.25, 0.3) is 0 Å². The molecule has 43 heavy (non-hydrogen) atoms. The average Bonchev–Trinajstić information content (AvgIpc) is 3.40. The van der Waals surface area contributed by atoms with Gasteiger partial charge in [0.1, 0.15) is 6.04 Å². The van der Waals surface area contributed by atoms with Gasteiger partial charge in [0.05, 0.1) is 35.8 Å². The molecule has 1 spiro atoms. The van der Waals surface area contributed by atoms with E-state index >= 15 is 0 Å². The van der Waals surface area contributed by atoms with Crippen LogP contribution in [0.15, 0.2) is 28.2 Å². The van der Waals surface area contributed by atoms with Crippen molar-refractivity contribution in [1.82, 2.24) is 14.7 Å². The first-order valence-corrected chi connectivity index (χ1v) is 12.7. The van der Waals surface area contributed by atoms with Crippen molar-refractivity contribution < 1.29 is 55.7 Å². The van der Waals surface area contributed by atoms with Gasteiger partial charge in [-0.25, -0.2) is 14.8 Å². The number of benzene rings is 1. The fourth-order valence-corrected chi connectivity index (χ4v) is 6.11. The normalized spacial score (nSPS) is 30.3. The third-order valence-corrected chi connectivity index (χ3v) is 8.19. The number of guanidine groups is 2. The standard InChI is InChI=1S/C24H25F6N7O6/c1-9-5-15(38)36(17(9)39)7-13-16-21(35(2)19(31)34-16)22(41,42)14(8-37(21)20(32)33-13)43-18(40)11-6-10(23(25,26)27)3-4-12(11)24(28,29)30/h3-4,6,9,13-14,16,41-42H,5,7-8H2,1-2H3,(H2,31,34)(H2,32,33)/t9?,13-,14-,16?,21?/m0/s1. The molecule has 2 amide bonds. The number of hydrogen-bond acceptors (Lipinski definition) is 12. The lowest BCUT2D eigenvalue weighted by Crippen LogP contribution is -2.77. The van der Waals surface area contributed by atoms with Crippen molar-refractivity contribution in [1.29, 1.82) is 0 Å². The summed E-state index contributed by atoms with van der Waals surface area (Å²) in [6.45, 7) is 0.426. The molecule has 4 aliphatic heterocycles. The SMILES string of the molecule is CC1CC(=O)N(C[C@@H]2N=C(N)N3C[C@H](OC(=O)c4cc(C(F)(F)F)ccc4C(F)(F)F)C(O)(O)C34C2N=C(N)N4C)C1=O. The van der Waals surface area contributed by atoms with Crippen LogP contribution in [0.5, 0.6) is 0 Å². The number of carbonyl (C=O) groups is 3. The molecule has 0 radical (unpaired) electrons. The minimum Gasteiger partial charge on any atom is -0.451 e. The maximum Gasteiger partial charge on any atom is 0.417 e. The zero-order valence-corrected chi connectivity index (χ0v) is 22.3. The number of nitrogens with two attached hydrogens (primary N) is 2. The molecule has 234 valence electrons. The fourth-order valence-electron chi connectivity index (χ4n) is 6.11. The van der Waals surface area contributed by atoms with Gasteiger partial charge in [-0.15, -0.1) is 0 Å². The summed E-state index contributed by atoms with van der Waals surface area (Å²) < 4.78 is 85.8. The van der Waals surface area contributed by atoms with Crippen LogP contribution in [0.3, 0.4) is 0 Å². The van der Waals surface area contributed by atoms with Crippen LogP contribution in [0.2, 0.25) is 0 Å². The Bertz CT molecular complexity index is 1460. The third kappa shape index (κ3) is 4.35. The van der Waals surface area contributed by atoms with Crippen molar-refractivity contribution in [2.45, 2.75) is 55.3 Å². The number of amides is 2. The molecule has 3 unspecified atom stereocenters. The van der Waals surface area contributed by atoms with Gasteiger partial charge in [-0.1, -0.05) is 6.92 Å². The van der Waals surface area contributed by atoms with Gasteiger partial charge in [-0.05, 0) is 18.2 Å². The van der Waals surface area contributed by atoms with Crippen molar-refractivity contribution in [2.24, 2.45) is 27.4 Å². The van der Waals surface area contributed by atoms with Crippen molar-refractivity contribution in [3.63, 3.8) is 0 Å². The number of likely N-dealkylation sites (tertiary alicyclic amines) is 1. The summed E-state index contributed by atoms with van der Waals surface area (Å²) in [5.41, 5.74) is 5.08. The minimum atomic E-state index is -5.27. The number of aliphatic hydroxyl groups is 2. The number of alkyl halides is 6. The van der Waals surface area contributed by atoms with E-state index in [-0.39, 0.29) is 30.6 Å². The summed E-state index contributed by atoms with van der Waals surface area (Å²) in [6.07, 6.45) is -12.6. The smallest absolute Gasteiger partial charge is 0.417 e. The summed E-state index contributed by atoms with van der Waals surface area (Å²) in [5.74, 6) is -7.56. The topological polar surface area (TPSA) is 187 Å². The number of esters is 1. The maximum atomic E-state index is 13.6. The van der Waals surface area contributed by atoms with E-state index in [1.807, 2.05) is 0 Å². The van der Waals surface area contributed by atoms with E-state index in [1.165, 1.54) is 7.05 Å². The number of imide groups is 1. The summed E-state index contributed by atoms with van der Waals surface area (Å²) in [6, 6.07) is -2.44. The van der Waals surface area contributed by atoms with Gasteiger partial charge in [-0.3, -0.25) is 14.5 Å². The molecule has 0 aliphatic carbocycles. The molecule has 5 atom stereocenters. The number of nitrogens with zero attached hydrogens (tertiary/aromatic N) is 5. The highest BCUT2D eigenvalue weighted by Crippen LogP contribution is 2.50. The molecule has 5 rings (SSSR count). The lowest BCUT2D eigenvalue weighted by atomic mass is 9.84. The second kappa shape index (κ2) is 9.43. The Morgan fingerprint density at radius 1 is 1.09 bits per heavy atom. The highest BCUT2D eigenvalue weighted by molar-refractivity contribution is 6.03. The second-order valence-corrected chi connectivity index (χ2v) is 10.7. The molecule has 2 fully saturated rings. The van der Waals surface area contributed by atoms with Crippen LogP contribution >= 0.6 is 0 Å². The highest BCUT2D eigenvalue weighted by atomic mass is 19.4. The van der Waals surface area contributed by atoms with E-state index in [9.17, 15) is 50.9 Å². The summed E-state index contributed by atoms with van der Waals surface area (Å²) >= 11 is 0. The van der Waals surface area contributed by atoms with Crippen LogP contribution in [0.1, 0.15) is 34.8 Å². The predicted octanol–water partition coefficient (Wildman–Crippen LogP) is -0.337. The molecule has 6 N–H and O–H groups in total. The summed E-state index contributed by atoms with van der Waals surface area (Å²) in [4.78, 5) is 49.5. The van der Waals surface area contributed by atoms with E-state index < -0.39 is 101 Å². The Balaban J connectivity index is 1.52. The monoisotopic (exact) mass is 621 g/mol. The number of hydrogen-bond donors (Lipinski definition) is 4. The van der Waals surface area contributed by atoms with E-state index in [2.05, 4.69) is 9.98 Å². The molecule has 1 aromatic rings. The van der Waals surface area contributed by atoms with Crippen molar-refractivity contribution >= 4 is 29.7 Å². The Labute approximate surface area is 238 Å². The number of rotatable bonds is 4. The molecule has 1 aromatic carbocycles. The second-order valence-electron chi connectivity index (χ2n) is 10.7. The molecular formula is C24H25F6N7O6. The number of carbonyl (C=O) groups excluding carboxylic acids is 3.